The van der Waals surface area contributed by atoms with Gasteiger partial charge in [-0.25, -0.2) is 0 Å². The van der Waals surface area contributed by atoms with E-state index in [4.69, 9.17) is 19.3 Å². The van der Waals surface area contributed by atoms with Gasteiger partial charge in [-0.3, -0.25) is 0 Å². The number of aliphatic hydroxyl groups is 8. The molecule has 2 aliphatic heterocycles. The molecule has 136 valence electrons. The van der Waals surface area contributed by atoms with Crippen LogP contribution in [0.2, 0.25) is 0 Å². The lowest BCUT2D eigenvalue weighted by Crippen LogP contribution is -2.64. The van der Waals surface area contributed by atoms with Crippen molar-refractivity contribution >= 4 is 0 Å². The SMILES string of the molecule is OC[C@H]1O[C@@H](O[C@@H]2[C@@H](O)[C@@H](O)[C@H](O)O[C@@H]2CO)[C@H](O)[C@H](O)[C@H]1O. The topological polar surface area (TPSA) is 190 Å². The van der Waals surface area contributed by atoms with Gasteiger partial charge in [-0.05, 0) is 0 Å². The summed E-state index contributed by atoms with van der Waals surface area (Å²) >= 11 is 0. The van der Waals surface area contributed by atoms with Gasteiger partial charge in [0.15, 0.2) is 12.6 Å². The molecule has 23 heavy (non-hydrogen) atoms. The number of aliphatic hydroxyl groups excluding tert-OH is 8. The molecule has 0 aromatic heterocycles. The minimum atomic E-state index is -1.74. The Kier molecular flexibility index (Phi) is 6.27. The van der Waals surface area contributed by atoms with E-state index in [9.17, 15) is 35.7 Å². The molecule has 0 aromatic carbocycles. The van der Waals surface area contributed by atoms with Crippen molar-refractivity contribution in [1.82, 2.24) is 0 Å². The van der Waals surface area contributed by atoms with Crippen molar-refractivity contribution in [3.63, 3.8) is 0 Å². The molecule has 2 rings (SSSR count). The first-order valence-corrected chi connectivity index (χ1v) is 7.08. The molecule has 0 spiro atoms. The summed E-state index contributed by atoms with van der Waals surface area (Å²) in [5.74, 6) is 0. The van der Waals surface area contributed by atoms with Crippen LogP contribution in [0, 0.1) is 0 Å². The Hall–Kier alpha value is -0.440. The molecule has 0 unspecified atom stereocenters. The summed E-state index contributed by atoms with van der Waals surface area (Å²) in [6.45, 7) is -1.35. The molecule has 10 atom stereocenters. The highest BCUT2D eigenvalue weighted by atomic mass is 16.7. The maximum Gasteiger partial charge on any atom is 0.187 e. The maximum atomic E-state index is 9.94. The molecule has 11 nitrogen and oxygen atoms in total. The molecule has 0 amide bonds. The molecule has 0 saturated carbocycles. The second-order valence-electron chi connectivity index (χ2n) is 5.53. The van der Waals surface area contributed by atoms with E-state index in [2.05, 4.69) is 0 Å². The van der Waals surface area contributed by atoms with E-state index in [0.29, 0.717) is 0 Å². The van der Waals surface area contributed by atoms with E-state index in [1.807, 2.05) is 0 Å². The summed E-state index contributed by atoms with van der Waals surface area (Å²) in [4.78, 5) is 0. The fraction of sp³-hybridized carbons (Fsp3) is 1.00. The summed E-state index contributed by atoms with van der Waals surface area (Å²) < 4.78 is 15.3. The molecule has 0 aliphatic carbocycles. The normalized spacial score (nSPS) is 51.7. The molecule has 2 saturated heterocycles. The third-order valence-corrected chi connectivity index (χ3v) is 3.98. The predicted octanol–water partition coefficient (Wildman–Crippen LogP) is -5.40. The van der Waals surface area contributed by atoms with Gasteiger partial charge in [0.25, 0.3) is 0 Å². The Morgan fingerprint density at radius 1 is 0.652 bits per heavy atom. The van der Waals surface area contributed by atoms with Gasteiger partial charge >= 0.3 is 0 Å². The van der Waals surface area contributed by atoms with Crippen LogP contribution in [0.15, 0.2) is 0 Å². The van der Waals surface area contributed by atoms with E-state index in [-0.39, 0.29) is 0 Å². The molecule has 0 aromatic rings. The Morgan fingerprint density at radius 2 is 1.26 bits per heavy atom. The molecule has 11 heteroatoms. The smallest absolute Gasteiger partial charge is 0.187 e. The third kappa shape index (κ3) is 3.65. The molecule has 2 heterocycles. The third-order valence-electron chi connectivity index (χ3n) is 3.98. The first-order valence-electron chi connectivity index (χ1n) is 7.08. The zero-order valence-electron chi connectivity index (χ0n) is 12.0. The molecule has 2 aliphatic rings. The standard InChI is InChI=1S/C12H22O11/c13-1-3-5(15)6(16)9(19)12(22-3)23-10-4(2-14)21-11(20)8(18)7(10)17/h3-20H,1-2H2/t3-,4-,5+,6-,7+,8-,9-,10+,11-,12+/m1/s1. The number of rotatable bonds is 4. The van der Waals surface area contributed by atoms with Crippen molar-refractivity contribution in [3.05, 3.63) is 0 Å². The molecular formula is C12H22O11. The molecule has 0 bridgehead atoms. The minimum Gasteiger partial charge on any atom is -0.394 e. The largest absolute Gasteiger partial charge is 0.394 e. The van der Waals surface area contributed by atoms with Gasteiger partial charge in [-0.15, -0.1) is 0 Å². The zero-order chi connectivity index (χ0) is 17.3. The minimum absolute atomic E-state index is 0.667. The van der Waals surface area contributed by atoms with Crippen LogP contribution in [0.5, 0.6) is 0 Å². The monoisotopic (exact) mass is 342 g/mol. The summed E-state index contributed by atoms with van der Waals surface area (Å²) in [5, 5.41) is 76.5. The molecule has 0 radical (unpaired) electrons. The van der Waals surface area contributed by atoms with Crippen LogP contribution >= 0.6 is 0 Å². The van der Waals surface area contributed by atoms with Gasteiger partial charge in [0, 0.05) is 0 Å². The number of hydrogen-bond donors (Lipinski definition) is 8. The van der Waals surface area contributed by atoms with E-state index in [1.54, 1.807) is 0 Å². The average Bonchev–Trinajstić information content (AvgIpc) is 2.55. The van der Waals surface area contributed by atoms with Crippen molar-refractivity contribution < 1.29 is 55.1 Å². The van der Waals surface area contributed by atoms with Gasteiger partial charge in [0.05, 0.1) is 13.2 Å². The summed E-state index contributed by atoms with van der Waals surface area (Å²) in [6, 6.07) is 0. The predicted molar refractivity (Wildman–Crippen MR) is 68.6 cm³/mol. The molecule has 8 N–H and O–H groups in total. The van der Waals surface area contributed by atoms with E-state index in [1.165, 1.54) is 0 Å². The van der Waals surface area contributed by atoms with Crippen LogP contribution in [0.25, 0.3) is 0 Å². The van der Waals surface area contributed by atoms with Crippen molar-refractivity contribution in [2.45, 2.75) is 61.4 Å². The Morgan fingerprint density at radius 3 is 1.83 bits per heavy atom. The van der Waals surface area contributed by atoms with Crippen molar-refractivity contribution in [2.24, 2.45) is 0 Å². The second kappa shape index (κ2) is 7.63. The van der Waals surface area contributed by atoms with Crippen LogP contribution < -0.4 is 0 Å². The van der Waals surface area contributed by atoms with Gasteiger partial charge in [0.2, 0.25) is 0 Å². The summed E-state index contributed by atoms with van der Waals surface area (Å²) in [7, 11) is 0. The zero-order valence-corrected chi connectivity index (χ0v) is 12.0. The van der Waals surface area contributed by atoms with Crippen molar-refractivity contribution in [2.75, 3.05) is 13.2 Å². The lowest BCUT2D eigenvalue weighted by molar-refractivity contribution is -0.355. The number of ether oxygens (including phenoxy) is 3. The highest BCUT2D eigenvalue weighted by molar-refractivity contribution is 4.93. The van der Waals surface area contributed by atoms with Crippen molar-refractivity contribution in [3.8, 4) is 0 Å². The highest BCUT2D eigenvalue weighted by Crippen LogP contribution is 2.28. The van der Waals surface area contributed by atoms with Gasteiger partial charge in [0.1, 0.15) is 48.8 Å². The van der Waals surface area contributed by atoms with E-state index >= 15 is 0 Å². The summed E-state index contributed by atoms with van der Waals surface area (Å²) in [6.07, 6.45) is -15.6. The fourth-order valence-corrected chi connectivity index (χ4v) is 2.57. The molecular weight excluding hydrogens is 320 g/mol. The van der Waals surface area contributed by atoms with Gasteiger partial charge in [-0.2, -0.15) is 0 Å². The van der Waals surface area contributed by atoms with Crippen LogP contribution in [0.1, 0.15) is 0 Å². The van der Waals surface area contributed by atoms with Crippen LogP contribution in [-0.2, 0) is 14.2 Å². The fourth-order valence-electron chi connectivity index (χ4n) is 2.57. The van der Waals surface area contributed by atoms with Crippen LogP contribution in [-0.4, -0.2) is 115 Å². The Labute approximate surface area is 130 Å². The molecule has 2 fully saturated rings. The average molecular weight is 342 g/mol. The Balaban J connectivity index is 2.11. The van der Waals surface area contributed by atoms with Gasteiger partial charge < -0.3 is 55.1 Å². The maximum absolute atomic E-state index is 9.94. The van der Waals surface area contributed by atoms with Crippen LogP contribution in [0.3, 0.4) is 0 Å². The Bertz CT molecular complexity index is 378. The number of hydrogen-bond acceptors (Lipinski definition) is 11. The highest BCUT2D eigenvalue weighted by Gasteiger charge is 2.50. The van der Waals surface area contributed by atoms with E-state index < -0.39 is 74.6 Å². The van der Waals surface area contributed by atoms with Gasteiger partial charge in [-0.1, -0.05) is 0 Å². The quantitative estimate of drug-likeness (QED) is 0.243. The first-order chi connectivity index (χ1) is 10.8. The van der Waals surface area contributed by atoms with Crippen LogP contribution in [0.4, 0.5) is 0 Å². The lowest BCUT2D eigenvalue weighted by atomic mass is 9.97. The first kappa shape index (κ1) is 18.9. The summed E-state index contributed by atoms with van der Waals surface area (Å²) in [5.41, 5.74) is 0. The van der Waals surface area contributed by atoms with E-state index in [0.717, 1.165) is 0 Å². The second-order valence-corrected chi connectivity index (χ2v) is 5.53. The van der Waals surface area contributed by atoms with Crippen molar-refractivity contribution in [1.29, 1.82) is 0 Å². The lowest BCUT2D eigenvalue weighted by Gasteiger charge is -2.45.